The molecule has 10 heteroatoms. The van der Waals surface area contributed by atoms with Crippen molar-refractivity contribution in [1.29, 1.82) is 0 Å². The maximum Gasteiger partial charge on any atom is 0.293 e. The second-order valence-corrected chi connectivity index (χ2v) is 13.7. The predicted molar refractivity (Wildman–Crippen MR) is 171 cm³/mol. The van der Waals surface area contributed by atoms with Gasteiger partial charge in [0.15, 0.2) is 0 Å². The topological polar surface area (TPSA) is 110 Å². The van der Waals surface area contributed by atoms with Crippen LogP contribution in [0.1, 0.15) is 52.0 Å². The Hall–Kier alpha value is -4.15. The van der Waals surface area contributed by atoms with Crippen LogP contribution >= 0.6 is 0 Å². The Morgan fingerprint density at radius 1 is 1.11 bits per heavy atom. The lowest BCUT2D eigenvalue weighted by Crippen LogP contribution is -2.50. The van der Waals surface area contributed by atoms with Crippen LogP contribution in [0.2, 0.25) is 0 Å². The van der Waals surface area contributed by atoms with E-state index in [0.717, 1.165) is 41.3 Å². The maximum atomic E-state index is 14.0. The van der Waals surface area contributed by atoms with Gasteiger partial charge in [0.25, 0.3) is 12.4 Å². The van der Waals surface area contributed by atoms with Crippen LogP contribution in [0.5, 0.6) is 0 Å². The van der Waals surface area contributed by atoms with Gasteiger partial charge in [-0.2, -0.15) is 0 Å². The molecular weight excluding hydrogens is 576 g/mol. The zero-order valence-electron chi connectivity index (χ0n) is 25.0. The molecule has 1 aliphatic heterocycles. The average molecular weight is 615 g/mol. The van der Waals surface area contributed by atoms with Gasteiger partial charge in [-0.25, -0.2) is 8.42 Å². The van der Waals surface area contributed by atoms with Crippen molar-refractivity contribution < 1.29 is 22.7 Å². The summed E-state index contributed by atoms with van der Waals surface area (Å²) in [7, 11) is -2.01. The number of nitrogens with one attached hydrogen (secondary N) is 2. The normalized spacial score (nSPS) is 18.3. The first-order chi connectivity index (χ1) is 21.3. The van der Waals surface area contributed by atoms with Crippen molar-refractivity contribution in [3.8, 4) is 0 Å². The molecule has 0 unspecified atom stereocenters. The number of aryl methyl sites for hydroxylation is 3. The third-order valence-electron chi connectivity index (χ3n) is 9.02. The molecule has 0 spiro atoms. The highest BCUT2D eigenvalue weighted by atomic mass is 32.2. The SMILES string of the molecule is CCc1cn2c3c(cc(C(=O)N[C@@H](Cc4ccccc4)[C@@H](CN[C@H]4CCc5ccccc54)OC=O)cc13)N(C)S(=O)(=O)CC2. The van der Waals surface area contributed by atoms with Crippen molar-refractivity contribution in [2.24, 2.45) is 0 Å². The van der Waals surface area contributed by atoms with Gasteiger partial charge in [0.1, 0.15) is 6.10 Å². The average Bonchev–Trinajstić information content (AvgIpc) is 3.60. The highest BCUT2D eigenvalue weighted by molar-refractivity contribution is 7.92. The number of amides is 1. The molecule has 4 aromatic rings. The number of fused-ring (bicyclic) bond motifs is 1. The monoisotopic (exact) mass is 614 g/mol. The summed E-state index contributed by atoms with van der Waals surface area (Å²) in [6, 6.07) is 21.2. The van der Waals surface area contributed by atoms with E-state index in [1.165, 1.54) is 15.4 Å². The molecule has 1 aromatic heterocycles. The number of anilines is 1. The van der Waals surface area contributed by atoms with E-state index >= 15 is 0 Å². The van der Waals surface area contributed by atoms with Gasteiger partial charge in [0.2, 0.25) is 10.0 Å². The third kappa shape index (κ3) is 5.84. The number of hydrogen-bond donors (Lipinski definition) is 2. The van der Waals surface area contributed by atoms with Gasteiger partial charge >= 0.3 is 0 Å². The van der Waals surface area contributed by atoms with Crippen molar-refractivity contribution in [2.75, 3.05) is 23.7 Å². The van der Waals surface area contributed by atoms with Crippen LogP contribution in [0.25, 0.3) is 10.9 Å². The van der Waals surface area contributed by atoms with E-state index in [1.807, 2.05) is 66.2 Å². The van der Waals surface area contributed by atoms with Gasteiger partial charge in [0.05, 0.1) is 23.0 Å². The molecule has 2 heterocycles. The number of benzene rings is 3. The van der Waals surface area contributed by atoms with Gasteiger partial charge in [-0.1, -0.05) is 61.5 Å². The summed E-state index contributed by atoms with van der Waals surface area (Å²) < 4.78 is 34.9. The molecule has 0 fully saturated rings. The Labute approximate surface area is 258 Å². The first kappa shape index (κ1) is 29.9. The first-order valence-electron chi connectivity index (χ1n) is 15.2. The lowest BCUT2D eigenvalue weighted by atomic mass is 9.99. The molecule has 9 nitrogen and oxygen atoms in total. The number of nitrogens with zero attached hydrogens (tertiary/aromatic N) is 2. The first-order valence-corrected chi connectivity index (χ1v) is 16.8. The van der Waals surface area contributed by atoms with Crippen LogP contribution in [0.4, 0.5) is 5.69 Å². The smallest absolute Gasteiger partial charge is 0.293 e. The van der Waals surface area contributed by atoms with Crippen LogP contribution in [0, 0.1) is 0 Å². The fraction of sp³-hybridized carbons (Fsp3) is 0.353. The van der Waals surface area contributed by atoms with Crippen molar-refractivity contribution in [3.05, 3.63) is 101 Å². The number of rotatable bonds is 11. The number of carbonyl (C=O) groups excluding carboxylic acids is 2. The maximum absolute atomic E-state index is 14.0. The van der Waals surface area contributed by atoms with E-state index in [2.05, 4.69) is 22.8 Å². The molecule has 230 valence electrons. The van der Waals surface area contributed by atoms with Gasteiger partial charge < -0.3 is 19.9 Å². The summed E-state index contributed by atoms with van der Waals surface area (Å²) in [6.07, 6.45) is 4.45. The summed E-state index contributed by atoms with van der Waals surface area (Å²) in [5.74, 6) is -0.380. The number of hydrogen-bond acceptors (Lipinski definition) is 6. The Kier molecular flexibility index (Phi) is 8.46. The molecule has 44 heavy (non-hydrogen) atoms. The van der Waals surface area contributed by atoms with Gasteiger partial charge in [-0.05, 0) is 60.1 Å². The highest BCUT2D eigenvalue weighted by Crippen LogP contribution is 2.36. The molecule has 2 aliphatic rings. The number of carbonyl (C=O) groups is 2. The Morgan fingerprint density at radius 3 is 2.66 bits per heavy atom. The third-order valence-corrected chi connectivity index (χ3v) is 10.7. The summed E-state index contributed by atoms with van der Waals surface area (Å²) >= 11 is 0. The zero-order chi connectivity index (χ0) is 30.8. The van der Waals surface area contributed by atoms with Crippen LogP contribution in [-0.4, -0.2) is 56.9 Å². The molecule has 6 rings (SSSR count). The van der Waals surface area contributed by atoms with Gasteiger partial charge in [-0.15, -0.1) is 0 Å². The zero-order valence-corrected chi connectivity index (χ0v) is 25.8. The molecule has 0 bridgehead atoms. The van der Waals surface area contributed by atoms with Crippen molar-refractivity contribution >= 4 is 39.0 Å². The van der Waals surface area contributed by atoms with Crippen LogP contribution < -0.4 is 14.9 Å². The Balaban J connectivity index is 1.32. The van der Waals surface area contributed by atoms with Crippen molar-refractivity contribution in [1.82, 2.24) is 15.2 Å². The summed E-state index contributed by atoms with van der Waals surface area (Å²) in [4.78, 5) is 25.8. The second kappa shape index (κ2) is 12.5. The molecule has 3 aromatic carbocycles. The van der Waals surface area contributed by atoms with Crippen molar-refractivity contribution in [3.63, 3.8) is 0 Å². The minimum absolute atomic E-state index is 0.0189. The Morgan fingerprint density at radius 2 is 1.89 bits per heavy atom. The number of aromatic nitrogens is 1. The van der Waals surface area contributed by atoms with E-state index in [9.17, 15) is 18.0 Å². The number of sulfonamides is 1. The molecule has 2 N–H and O–H groups in total. The molecule has 0 saturated carbocycles. The van der Waals surface area contributed by atoms with E-state index in [-0.39, 0.29) is 17.7 Å². The lowest BCUT2D eigenvalue weighted by molar-refractivity contribution is -0.134. The van der Waals surface area contributed by atoms with Crippen LogP contribution in [0.3, 0.4) is 0 Å². The molecule has 1 amide bonds. The van der Waals surface area contributed by atoms with Gasteiger partial charge in [-0.3, -0.25) is 13.9 Å². The molecule has 0 radical (unpaired) electrons. The lowest BCUT2D eigenvalue weighted by Gasteiger charge is -2.29. The molecular formula is C34H38N4O5S. The standard InChI is InChI=1S/C34H38N4O5S/c1-3-24-21-38-15-16-44(41,42)37(2)31-19-26(18-28(24)33(31)38)34(40)36-30(17-23-9-5-4-6-10-23)32(43-22-39)20-35-29-14-13-25-11-7-8-12-27(25)29/h4-12,18-19,21-22,29-30,32,35H,3,13-17,20H2,1-2H3,(H,36,40)/t29-,30-,32+/m0/s1. The summed E-state index contributed by atoms with van der Waals surface area (Å²) in [5, 5.41) is 7.60. The van der Waals surface area contributed by atoms with E-state index < -0.39 is 22.2 Å². The fourth-order valence-electron chi connectivity index (χ4n) is 6.60. The van der Waals surface area contributed by atoms with Gasteiger partial charge in [0, 0.05) is 43.3 Å². The number of ether oxygens (including phenoxy) is 1. The highest BCUT2D eigenvalue weighted by Gasteiger charge is 2.31. The minimum atomic E-state index is -3.55. The largest absolute Gasteiger partial charge is 0.461 e. The molecule has 1 aliphatic carbocycles. The molecule has 0 saturated heterocycles. The van der Waals surface area contributed by atoms with E-state index in [1.54, 1.807) is 13.1 Å². The fourth-order valence-corrected chi connectivity index (χ4v) is 7.74. The minimum Gasteiger partial charge on any atom is -0.461 e. The molecule has 3 atom stereocenters. The quantitative estimate of drug-likeness (QED) is 0.246. The summed E-state index contributed by atoms with van der Waals surface area (Å²) in [6.45, 7) is 3.19. The Bertz CT molecular complexity index is 1790. The van der Waals surface area contributed by atoms with E-state index in [0.29, 0.717) is 37.2 Å². The van der Waals surface area contributed by atoms with E-state index in [4.69, 9.17) is 4.74 Å². The van der Waals surface area contributed by atoms with Crippen LogP contribution in [0.15, 0.2) is 72.9 Å². The second-order valence-electron chi connectivity index (χ2n) is 11.6. The summed E-state index contributed by atoms with van der Waals surface area (Å²) in [5.41, 5.74) is 6.24. The van der Waals surface area contributed by atoms with Crippen LogP contribution in [-0.2, 0) is 45.4 Å². The predicted octanol–water partition coefficient (Wildman–Crippen LogP) is 4.14. The van der Waals surface area contributed by atoms with Crippen molar-refractivity contribution in [2.45, 2.75) is 57.3 Å².